The second-order valence-electron chi connectivity index (χ2n) is 7.05. The standard InChI is InChI=1S/C20H19N3O5S/c1-23-8-7-20(27,19(23)26)6-5-12-3-2-4-13(9-12)16-22-15(18(24)25)17(29-16)21-14-10-28-11-14/h2-4,9,14,21,27H,7-8,10-11H2,1H3,(H,24,25)/t20-/m0/s1. The maximum absolute atomic E-state index is 12.1. The average Bonchev–Trinajstić information content (AvgIpc) is 3.21. The molecule has 150 valence electrons. The number of benzene rings is 1. The fourth-order valence-corrected chi connectivity index (χ4v) is 4.10. The molecule has 1 aromatic heterocycles. The van der Waals surface area contributed by atoms with E-state index in [1.807, 2.05) is 6.07 Å². The lowest BCUT2D eigenvalue weighted by Gasteiger charge is -2.27. The Labute approximate surface area is 171 Å². The molecule has 1 amide bonds. The fourth-order valence-electron chi connectivity index (χ4n) is 3.07. The van der Waals surface area contributed by atoms with Crippen molar-refractivity contribution in [3.63, 3.8) is 0 Å². The number of nitrogens with zero attached hydrogens (tertiary/aromatic N) is 2. The summed E-state index contributed by atoms with van der Waals surface area (Å²) in [6, 6.07) is 7.21. The van der Waals surface area contributed by atoms with E-state index in [1.54, 1.807) is 25.2 Å². The summed E-state index contributed by atoms with van der Waals surface area (Å²) in [5.74, 6) is 4.05. The van der Waals surface area contributed by atoms with Gasteiger partial charge in [-0.1, -0.05) is 35.3 Å². The number of aliphatic hydroxyl groups is 1. The van der Waals surface area contributed by atoms with Crippen molar-refractivity contribution in [2.75, 3.05) is 32.1 Å². The molecule has 9 heteroatoms. The van der Waals surface area contributed by atoms with E-state index in [0.717, 1.165) is 0 Å². The molecule has 0 spiro atoms. The summed E-state index contributed by atoms with van der Waals surface area (Å²) in [4.78, 5) is 29.3. The Hall–Kier alpha value is -2.93. The number of thiazole rings is 1. The molecule has 0 saturated carbocycles. The predicted molar refractivity (Wildman–Crippen MR) is 107 cm³/mol. The Kier molecular flexibility index (Phi) is 5.00. The summed E-state index contributed by atoms with van der Waals surface area (Å²) in [5.41, 5.74) is -0.372. The fraction of sp³-hybridized carbons (Fsp3) is 0.350. The van der Waals surface area contributed by atoms with Crippen molar-refractivity contribution in [1.29, 1.82) is 0 Å². The van der Waals surface area contributed by atoms with Crippen molar-refractivity contribution in [2.24, 2.45) is 0 Å². The number of likely N-dealkylation sites (N-methyl/N-ethyl adjacent to an activating group) is 1. The van der Waals surface area contributed by atoms with Crippen LogP contribution in [0.4, 0.5) is 5.00 Å². The molecule has 2 aromatic rings. The van der Waals surface area contributed by atoms with Gasteiger partial charge in [0.25, 0.3) is 5.91 Å². The lowest BCUT2D eigenvalue weighted by molar-refractivity contribution is -0.137. The Morgan fingerprint density at radius 3 is 2.86 bits per heavy atom. The molecule has 0 radical (unpaired) electrons. The van der Waals surface area contributed by atoms with Gasteiger partial charge in [0, 0.05) is 31.1 Å². The van der Waals surface area contributed by atoms with Crippen molar-refractivity contribution >= 4 is 28.2 Å². The average molecular weight is 413 g/mol. The maximum atomic E-state index is 12.1. The summed E-state index contributed by atoms with van der Waals surface area (Å²) >= 11 is 1.25. The molecule has 2 saturated heterocycles. The van der Waals surface area contributed by atoms with Crippen molar-refractivity contribution in [3.05, 3.63) is 35.5 Å². The number of amides is 1. The molecule has 29 heavy (non-hydrogen) atoms. The topological polar surface area (TPSA) is 112 Å². The van der Waals surface area contributed by atoms with E-state index in [0.29, 0.717) is 40.9 Å². The van der Waals surface area contributed by atoms with Crippen LogP contribution in [-0.4, -0.2) is 70.4 Å². The van der Waals surface area contributed by atoms with Crippen LogP contribution in [0.15, 0.2) is 24.3 Å². The third-order valence-corrected chi connectivity index (χ3v) is 5.87. The molecule has 2 fully saturated rings. The number of likely N-dealkylation sites (tertiary alicyclic amines) is 1. The first-order valence-electron chi connectivity index (χ1n) is 9.06. The molecule has 0 bridgehead atoms. The van der Waals surface area contributed by atoms with Gasteiger partial charge in [-0.05, 0) is 12.1 Å². The van der Waals surface area contributed by atoms with E-state index in [4.69, 9.17) is 4.74 Å². The number of hydrogen-bond acceptors (Lipinski definition) is 7. The highest BCUT2D eigenvalue weighted by Crippen LogP contribution is 2.33. The Morgan fingerprint density at radius 2 is 2.24 bits per heavy atom. The number of nitrogens with one attached hydrogen (secondary N) is 1. The molecule has 0 unspecified atom stereocenters. The minimum Gasteiger partial charge on any atom is -0.476 e. The van der Waals surface area contributed by atoms with Crippen molar-refractivity contribution in [1.82, 2.24) is 9.88 Å². The number of rotatable bonds is 4. The van der Waals surface area contributed by atoms with Crippen LogP contribution in [0.5, 0.6) is 0 Å². The smallest absolute Gasteiger partial charge is 0.357 e. The normalized spacial score (nSPS) is 21.4. The first-order valence-corrected chi connectivity index (χ1v) is 9.87. The Balaban J connectivity index is 1.61. The number of carboxylic acids is 1. The predicted octanol–water partition coefficient (Wildman–Crippen LogP) is 1.26. The SMILES string of the molecule is CN1CC[C@@](O)(C#Cc2cccc(-c3nc(C(=O)O)c(NC4COC4)s3)c2)C1=O. The zero-order valence-electron chi connectivity index (χ0n) is 15.6. The first kappa shape index (κ1) is 19.4. The van der Waals surface area contributed by atoms with Crippen LogP contribution in [0.2, 0.25) is 0 Å². The highest BCUT2D eigenvalue weighted by molar-refractivity contribution is 7.19. The van der Waals surface area contributed by atoms with E-state index in [1.165, 1.54) is 16.2 Å². The van der Waals surface area contributed by atoms with E-state index in [9.17, 15) is 19.8 Å². The quantitative estimate of drug-likeness (QED) is 0.647. The number of anilines is 1. The molecule has 2 aliphatic heterocycles. The molecule has 3 N–H and O–H groups in total. The summed E-state index contributed by atoms with van der Waals surface area (Å²) in [5, 5.41) is 24.1. The third kappa shape index (κ3) is 3.82. The molecule has 1 aromatic carbocycles. The maximum Gasteiger partial charge on any atom is 0.357 e. The minimum absolute atomic E-state index is 0.0257. The van der Waals surface area contributed by atoms with Gasteiger partial charge in [0.1, 0.15) is 10.0 Å². The van der Waals surface area contributed by atoms with Gasteiger partial charge in [-0.25, -0.2) is 9.78 Å². The van der Waals surface area contributed by atoms with E-state index < -0.39 is 17.5 Å². The van der Waals surface area contributed by atoms with Crippen molar-refractivity contribution in [3.8, 4) is 22.4 Å². The monoisotopic (exact) mass is 413 g/mol. The summed E-state index contributed by atoms with van der Waals surface area (Å²) in [7, 11) is 1.63. The number of ether oxygens (including phenoxy) is 1. The second kappa shape index (κ2) is 7.48. The van der Waals surface area contributed by atoms with Gasteiger partial charge in [-0.2, -0.15) is 0 Å². The van der Waals surface area contributed by atoms with Gasteiger partial charge in [0.05, 0.1) is 19.3 Å². The summed E-state index contributed by atoms with van der Waals surface area (Å²) in [6.07, 6.45) is 0.267. The number of aromatic carboxylic acids is 1. The lowest BCUT2D eigenvalue weighted by Crippen LogP contribution is -2.40. The first-order chi connectivity index (χ1) is 13.9. The van der Waals surface area contributed by atoms with Gasteiger partial charge in [0.2, 0.25) is 5.60 Å². The highest BCUT2D eigenvalue weighted by Gasteiger charge is 2.42. The number of carbonyl (C=O) groups excluding carboxylic acids is 1. The molecule has 4 rings (SSSR count). The van der Waals surface area contributed by atoms with Gasteiger partial charge in [0.15, 0.2) is 5.69 Å². The minimum atomic E-state index is -1.66. The molecule has 3 heterocycles. The molecule has 8 nitrogen and oxygen atoms in total. The zero-order valence-corrected chi connectivity index (χ0v) is 16.5. The van der Waals surface area contributed by atoms with Crippen molar-refractivity contribution < 1.29 is 24.5 Å². The number of aromatic nitrogens is 1. The van der Waals surface area contributed by atoms with Crippen LogP contribution in [0, 0.1) is 11.8 Å². The summed E-state index contributed by atoms with van der Waals surface area (Å²) in [6.45, 7) is 1.53. The van der Waals surface area contributed by atoms with Gasteiger partial charge < -0.3 is 25.2 Å². The number of hydrogen-bond donors (Lipinski definition) is 3. The third-order valence-electron chi connectivity index (χ3n) is 4.84. The van der Waals surface area contributed by atoms with Crippen LogP contribution >= 0.6 is 11.3 Å². The zero-order chi connectivity index (χ0) is 20.6. The van der Waals surface area contributed by atoms with E-state index in [-0.39, 0.29) is 18.2 Å². The van der Waals surface area contributed by atoms with Gasteiger partial charge in [-0.15, -0.1) is 0 Å². The van der Waals surface area contributed by atoms with Crippen molar-refractivity contribution in [2.45, 2.75) is 18.1 Å². The van der Waals surface area contributed by atoms with Crippen LogP contribution in [0.25, 0.3) is 10.6 Å². The molecular weight excluding hydrogens is 394 g/mol. The van der Waals surface area contributed by atoms with Crippen LogP contribution in [0.1, 0.15) is 22.5 Å². The summed E-state index contributed by atoms with van der Waals surface area (Å²) < 4.78 is 5.12. The molecule has 0 aliphatic carbocycles. The number of carbonyl (C=O) groups is 2. The van der Waals surface area contributed by atoms with Crippen LogP contribution in [0.3, 0.4) is 0 Å². The molecule has 1 atom stereocenters. The van der Waals surface area contributed by atoms with E-state index in [2.05, 4.69) is 22.1 Å². The largest absolute Gasteiger partial charge is 0.476 e. The van der Waals surface area contributed by atoms with Gasteiger partial charge >= 0.3 is 5.97 Å². The van der Waals surface area contributed by atoms with Crippen LogP contribution < -0.4 is 5.32 Å². The highest BCUT2D eigenvalue weighted by atomic mass is 32.1. The second-order valence-corrected chi connectivity index (χ2v) is 8.05. The Morgan fingerprint density at radius 1 is 1.45 bits per heavy atom. The van der Waals surface area contributed by atoms with Gasteiger partial charge in [-0.3, -0.25) is 4.79 Å². The molecule has 2 aliphatic rings. The van der Waals surface area contributed by atoms with Crippen LogP contribution in [-0.2, 0) is 9.53 Å². The number of carboxylic acid groups (broad SMARTS) is 1. The molecular formula is C20H19N3O5S. The van der Waals surface area contributed by atoms with E-state index >= 15 is 0 Å². The Bertz CT molecular complexity index is 1040. The lowest BCUT2D eigenvalue weighted by atomic mass is 10.0.